The van der Waals surface area contributed by atoms with Crippen LogP contribution in [0.1, 0.15) is 20.8 Å². The van der Waals surface area contributed by atoms with Crippen LogP contribution in [0.5, 0.6) is 0 Å². The molecule has 6 nitrogen and oxygen atoms in total. The van der Waals surface area contributed by atoms with E-state index in [2.05, 4.69) is 0 Å². The lowest BCUT2D eigenvalue weighted by atomic mass is 10.1. The molecule has 0 radical (unpaired) electrons. The molecule has 0 aromatic carbocycles. The molecule has 2 rings (SSSR count). The summed E-state index contributed by atoms with van der Waals surface area (Å²) in [6.07, 6.45) is -0.399. The predicted molar refractivity (Wildman–Crippen MR) is 63.2 cm³/mol. The van der Waals surface area contributed by atoms with E-state index in [0.29, 0.717) is 0 Å². The highest BCUT2D eigenvalue weighted by Gasteiger charge is 2.58. The van der Waals surface area contributed by atoms with Crippen molar-refractivity contribution in [1.82, 2.24) is 19.6 Å². The summed E-state index contributed by atoms with van der Waals surface area (Å²) < 4.78 is 0. The quantitative estimate of drug-likeness (QED) is 0.629. The number of likely N-dealkylation sites (N-methyl/N-ethyl adjacent to an activating group) is 3. The number of carbonyl (C=O) groups excluding carboxylic acids is 2. The standard InChI is InChI=1S/C11H20N4O2/c1-11(2,3)15-8-7(13(5)10(15)17)12(4)9(16)14(8)6/h7-8H,1-6H3/t7-,8+/m0/s1. The zero-order chi connectivity index (χ0) is 13.1. The Balaban J connectivity index is 2.45. The number of fused-ring (bicyclic) bond motifs is 1. The van der Waals surface area contributed by atoms with Gasteiger partial charge >= 0.3 is 12.1 Å². The van der Waals surface area contributed by atoms with Crippen LogP contribution in [0.15, 0.2) is 0 Å². The van der Waals surface area contributed by atoms with Gasteiger partial charge in [-0.1, -0.05) is 0 Å². The first-order valence-corrected chi connectivity index (χ1v) is 5.73. The summed E-state index contributed by atoms with van der Waals surface area (Å²) in [5, 5.41) is 0. The Hall–Kier alpha value is -1.46. The minimum atomic E-state index is -0.301. The summed E-state index contributed by atoms with van der Waals surface area (Å²) >= 11 is 0. The molecule has 2 heterocycles. The Morgan fingerprint density at radius 2 is 1.24 bits per heavy atom. The Morgan fingerprint density at radius 3 is 1.71 bits per heavy atom. The predicted octanol–water partition coefficient (Wildman–Crippen LogP) is 0.802. The van der Waals surface area contributed by atoms with Gasteiger partial charge in [-0.05, 0) is 20.8 Å². The van der Waals surface area contributed by atoms with Crippen molar-refractivity contribution in [3.05, 3.63) is 0 Å². The first-order valence-electron chi connectivity index (χ1n) is 5.73. The van der Waals surface area contributed by atoms with E-state index in [1.807, 2.05) is 20.8 Å². The molecule has 0 unspecified atom stereocenters. The molecule has 0 saturated carbocycles. The number of nitrogens with zero attached hydrogens (tertiary/aromatic N) is 4. The number of hydrogen-bond donors (Lipinski definition) is 0. The van der Waals surface area contributed by atoms with Gasteiger partial charge < -0.3 is 14.7 Å². The molecule has 2 atom stereocenters. The van der Waals surface area contributed by atoms with Gasteiger partial charge in [-0.2, -0.15) is 0 Å². The average molecular weight is 240 g/mol. The Kier molecular flexibility index (Phi) is 2.31. The van der Waals surface area contributed by atoms with Gasteiger partial charge in [-0.25, -0.2) is 9.59 Å². The van der Waals surface area contributed by atoms with Crippen LogP contribution in [-0.2, 0) is 0 Å². The highest BCUT2D eigenvalue weighted by Crippen LogP contribution is 2.36. The Morgan fingerprint density at radius 1 is 0.824 bits per heavy atom. The van der Waals surface area contributed by atoms with Crippen LogP contribution in [0.25, 0.3) is 0 Å². The summed E-state index contributed by atoms with van der Waals surface area (Å²) in [5.74, 6) is 0. The zero-order valence-electron chi connectivity index (χ0n) is 11.3. The molecule has 4 amide bonds. The van der Waals surface area contributed by atoms with Gasteiger partial charge in [0, 0.05) is 26.7 Å². The number of urea groups is 2. The van der Waals surface area contributed by atoms with Crippen LogP contribution in [0, 0.1) is 0 Å². The maximum atomic E-state index is 12.3. The van der Waals surface area contributed by atoms with Gasteiger partial charge in [0.1, 0.15) is 12.3 Å². The Labute approximate surface area is 102 Å². The van der Waals surface area contributed by atoms with E-state index in [0.717, 1.165) is 0 Å². The molecular weight excluding hydrogens is 220 g/mol. The summed E-state index contributed by atoms with van der Waals surface area (Å²) in [6.45, 7) is 5.95. The SMILES string of the molecule is CN1C(=O)N(C)[C@H]2[C@@H]1N(C)C(=O)N2C(C)(C)C. The summed E-state index contributed by atoms with van der Waals surface area (Å²) in [6, 6.07) is -0.0766. The fraction of sp³-hybridized carbons (Fsp3) is 0.818. The van der Waals surface area contributed by atoms with Gasteiger partial charge in [-0.3, -0.25) is 4.90 Å². The van der Waals surface area contributed by atoms with E-state index in [9.17, 15) is 9.59 Å². The lowest BCUT2D eigenvalue weighted by Crippen LogP contribution is -2.53. The molecular formula is C11H20N4O2. The van der Waals surface area contributed by atoms with E-state index in [4.69, 9.17) is 0 Å². The van der Waals surface area contributed by atoms with Gasteiger partial charge in [0.15, 0.2) is 0 Å². The number of amides is 4. The van der Waals surface area contributed by atoms with Crippen molar-refractivity contribution in [2.24, 2.45) is 0 Å². The molecule has 6 heteroatoms. The van der Waals surface area contributed by atoms with Crippen molar-refractivity contribution >= 4 is 12.1 Å². The third kappa shape index (κ3) is 1.39. The number of hydrogen-bond acceptors (Lipinski definition) is 2. The molecule has 17 heavy (non-hydrogen) atoms. The number of rotatable bonds is 0. The third-order valence-electron chi connectivity index (χ3n) is 3.56. The molecule has 0 bridgehead atoms. The second-order valence-electron chi connectivity index (χ2n) is 5.77. The average Bonchev–Trinajstić information content (AvgIpc) is 2.58. The van der Waals surface area contributed by atoms with Crippen LogP contribution >= 0.6 is 0 Å². The van der Waals surface area contributed by atoms with Gasteiger partial charge in [0.25, 0.3) is 0 Å². The van der Waals surface area contributed by atoms with Crippen molar-refractivity contribution in [2.45, 2.75) is 38.6 Å². The van der Waals surface area contributed by atoms with Crippen LogP contribution in [0.2, 0.25) is 0 Å². The highest BCUT2D eigenvalue weighted by molar-refractivity contribution is 5.85. The molecule has 0 aromatic rings. The Bertz CT molecular complexity index is 376. The molecule has 0 aliphatic carbocycles. The van der Waals surface area contributed by atoms with Crippen LogP contribution in [0.4, 0.5) is 9.59 Å². The van der Waals surface area contributed by atoms with E-state index >= 15 is 0 Å². The molecule has 0 aromatic heterocycles. The lowest BCUT2D eigenvalue weighted by Gasteiger charge is -2.37. The maximum absolute atomic E-state index is 12.3. The third-order valence-corrected chi connectivity index (χ3v) is 3.56. The molecule has 2 saturated heterocycles. The normalized spacial score (nSPS) is 29.5. The minimum absolute atomic E-state index is 0.0290. The van der Waals surface area contributed by atoms with Crippen LogP contribution in [-0.4, -0.2) is 70.7 Å². The number of carbonyl (C=O) groups is 2. The van der Waals surface area contributed by atoms with E-state index < -0.39 is 0 Å². The first kappa shape index (κ1) is 12.0. The smallest absolute Gasteiger partial charge is 0.303 e. The van der Waals surface area contributed by atoms with Gasteiger partial charge in [0.05, 0.1) is 0 Å². The van der Waals surface area contributed by atoms with E-state index in [-0.39, 0.29) is 29.9 Å². The monoisotopic (exact) mass is 240 g/mol. The summed E-state index contributed by atoms with van der Waals surface area (Å²) in [7, 11) is 5.22. The lowest BCUT2D eigenvalue weighted by molar-refractivity contribution is 0.0811. The molecule has 2 aliphatic heterocycles. The molecule has 2 fully saturated rings. The molecule has 0 N–H and O–H groups in total. The summed E-state index contributed by atoms with van der Waals surface area (Å²) in [4.78, 5) is 30.8. The van der Waals surface area contributed by atoms with Crippen molar-refractivity contribution in [3.63, 3.8) is 0 Å². The van der Waals surface area contributed by atoms with Crippen LogP contribution < -0.4 is 0 Å². The molecule has 0 spiro atoms. The molecule has 2 aliphatic rings. The second-order valence-corrected chi connectivity index (χ2v) is 5.77. The van der Waals surface area contributed by atoms with Gasteiger partial charge in [0.2, 0.25) is 0 Å². The maximum Gasteiger partial charge on any atom is 0.323 e. The van der Waals surface area contributed by atoms with Crippen molar-refractivity contribution in [2.75, 3.05) is 21.1 Å². The second kappa shape index (κ2) is 3.27. The van der Waals surface area contributed by atoms with Crippen LogP contribution in [0.3, 0.4) is 0 Å². The van der Waals surface area contributed by atoms with Crippen molar-refractivity contribution in [1.29, 1.82) is 0 Å². The topological polar surface area (TPSA) is 47.1 Å². The van der Waals surface area contributed by atoms with E-state index in [1.165, 1.54) is 0 Å². The van der Waals surface area contributed by atoms with Gasteiger partial charge in [-0.15, -0.1) is 0 Å². The summed E-state index contributed by atoms with van der Waals surface area (Å²) in [5.41, 5.74) is -0.301. The van der Waals surface area contributed by atoms with E-state index in [1.54, 1.807) is 40.7 Å². The first-order chi connectivity index (χ1) is 7.68. The zero-order valence-corrected chi connectivity index (χ0v) is 11.3. The highest BCUT2D eigenvalue weighted by atomic mass is 16.2. The van der Waals surface area contributed by atoms with Crippen molar-refractivity contribution < 1.29 is 9.59 Å². The minimum Gasteiger partial charge on any atom is -0.303 e. The fourth-order valence-electron chi connectivity index (χ4n) is 2.72. The van der Waals surface area contributed by atoms with Crippen molar-refractivity contribution in [3.8, 4) is 0 Å². The molecule has 96 valence electrons. The fourth-order valence-corrected chi connectivity index (χ4v) is 2.72. The largest absolute Gasteiger partial charge is 0.323 e.